The number of aromatic nitrogens is 4. The average molecular weight is 246 g/mol. The van der Waals surface area contributed by atoms with Crippen LogP contribution >= 0.6 is 0 Å². The number of hydrogen-bond acceptors (Lipinski definition) is 5. The van der Waals surface area contributed by atoms with E-state index in [1.807, 2.05) is 0 Å². The van der Waals surface area contributed by atoms with E-state index < -0.39 is 0 Å². The SMILES string of the molecule is CCCNc1nc(NC2CC2C)c2[nH]cnc2n1. The van der Waals surface area contributed by atoms with Crippen molar-refractivity contribution in [2.45, 2.75) is 32.7 Å². The van der Waals surface area contributed by atoms with Crippen LogP contribution in [0.4, 0.5) is 11.8 Å². The first-order chi connectivity index (χ1) is 8.78. The molecule has 1 aliphatic carbocycles. The van der Waals surface area contributed by atoms with Crippen molar-refractivity contribution in [3.63, 3.8) is 0 Å². The molecule has 2 aromatic heterocycles. The summed E-state index contributed by atoms with van der Waals surface area (Å²) in [4.78, 5) is 16.2. The van der Waals surface area contributed by atoms with Crippen molar-refractivity contribution in [3.05, 3.63) is 6.33 Å². The Morgan fingerprint density at radius 1 is 1.44 bits per heavy atom. The summed E-state index contributed by atoms with van der Waals surface area (Å²) >= 11 is 0. The molecule has 0 radical (unpaired) electrons. The average Bonchev–Trinajstić information content (AvgIpc) is 2.88. The molecule has 2 atom stereocenters. The molecule has 0 saturated heterocycles. The Bertz CT molecular complexity index is 548. The minimum atomic E-state index is 0.533. The molecule has 6 nitrogen and oxygen atoms in total. The molecule has 1 aliphatic rings. The third-order valence-electron chi connectivity index (χ3n) is 3.25. The van der Waals surface area contributed by atoms with Crippen molar-refractivity contribution in [2.24, 2.45) is 5.92 Å². The summed E-state index contributed by atoms with van der Waals surface area (Å²) in [6.07, 6.45) is 3.91. The van der Waals surface area contributed by atoms with E-state index in [2.05, 4.69) is 44.4 Å². The number of hydrogen-bond donors (Lipinski definition) is 3. The quantitative estimate of drug-likeness (QED) is 0.752. The molecule has 2 heterocycles. The molecule has 96 valence electrons. The number of imidazole rings is 1. The monoisotopic (exact) mass is 246 g/mol. The molecular weight excluding hydrogens is 228 g/mol. The van der Waals surface area contributed by atoms with Crippen LogP contribution in [0.25, 0.3) is 11.2 Å². The van der Waals surface area contributed by atoms with Gasteiger partial charge in [0.05, 0.1) is 6.33 Å². The Morgan fingerprint density at radius 2 is 2.28 bits per heavy atom. The van der Waals surface area contributed by atoms with Crippen molar-refractivity contribution in [1.29, 1.82) is 0 Å². The van der Waals surface area contributed by atoms with Crippen LogP contribution in [-0.4, -0.2) is 32.5 Å². The van der Waals surface area contributed by atoms with Crippen LogP contribution in [-0.2, 0) is 0 Å². The van der Waals surface area contributed by atoms with Crippen molar-refractivity contribution in [2.75, 3.05) is 17.2 Å². The van der Waals surface area contributed by atoms with Gasteiger partial charge in [-0.3, -0.25) is 0 Å². The number of H-pyrrole nitrogens is 1. The highest BCUT2D eigenvalue weighted by Gasteiger charge is 2.33. The zero-order valence-corrected chi connectivity index (χ0v) is 10.7. The van der Waals surface area contributed by atoms with Gasteiger partial charge in [0.2, 0.25) is 5.95 Å². The van der Waals surface area contributed by atoms with Crippen molar-refractivity contribution in [3.8, 4) is 0 Å². The van der Waals surface area contributed by atoms with Crippen LogP contribution in [0.15, 0.2) is 6.33 Å². The lowest BCUT2D eigenvalue weighted by molar-refractivity contribution is 0.920. The molecule has 2 unspecified atom stereocenters. The normalized spacial score (nSPS) is 22.1. The van der Waals surface area contributed by atoms with Crippen LogP contribution in [0.5, 0.6) is 0 Å². The van der Waals surface area contributed by atoms with Gasteiger partial charge in [0.15, 0.2) is 11.5 Å². The zero-order valence-electron chi connectivity index (χ0n) is 10.7. The van der Waals surface area contributed by atoms with E-state index in [9.17, 15) is 0 Å². The topological polar surface area (TPSA) is 78.5 Å². The van der Waals surface area contributed by atoms with E-state index in [0.717, 1.165) is 30.2 Å². The lowest BCUT2D eigenvalue weighted by Gasteiger charge is -2.08. The second-order valence-corrected chi connectivity index (χ2v) is 4.89. The van der Waals surface area contributed by atoms with Gasteiger partial charge in [-0.2, -0.15) is 9.97 Å². The van der Waals surface area contributed by atoms with Crippen LogP contribution in [0.2, 0.25) is 0 Å². The predicted molar refractivity (Wildman–Crippen MR) is 71.7 cm³/mol. The summed E-state index contributed by atoms with van der Waals surface area (Å²) in [5.74, 6) is 2.22. The van der Waals surface area contributed by atoms with Crippen molar-refractivity contribution < 1.29 is 0 Å². The van der Waals surface area contributed by atoms with Gasteiger partial charge in [-0.05, 0) is 18.8 Å². The maximum absolute atomic E-state index is 4.52. The van der Waals surface area contributed by atoms with Gasteiger partial charge in [0.1, 0.15) is 5.52 Å². The molecule has 0 spiro atoms. The smallest absolute Gasteiger partial charge is 0.226 e. The third-order valence-corrected chi connectivity index (χ3v) is 3.25. The number of aromatic amines is 1. The molecule has 0 aliphatic heterocycles. The van der Waals surface area contributed by atoms with E-state index >= 15 is 0 Å². The first-order valence-corrected chi connectivity index (χ1v) is 6.49. The van der Waals surface area contributed by atoms with Gasteiger partial charge in [-0.25, -0.2) is 4.98 Å². The van der Waals surface area contributed by atoms with Crippen LogP contribution in [0.3, 0.4) is 0 Å². The highest BCUT2D eigenvalue weighted by molar-refractivity contribution is 5.83. The molecule has 6 heteroatoms. The fourth-order valence-electron chi connectivity index (χ4n) is 1.95. The van der Waals surface area contributed by atoms with E-state index in [4.69, 9.17) is 0 Å². The summed E-state index contributed by atoms with van der Waals surface area (Å²) in [5, 5.41) is 6.65. The Hall–Kier alpha value is -1.85. The summed E-state index contributed by atoms with van der Waals surface area (Å²) in [6.45, 7) is 5.22. The summed E-state index contributed by atoms with van der Waals surface area (Å²) in [6, 6.07) is 0.533. The largest absolute Gasteiger partial charge is 0.365 e. The summed E-state index contributed by atoms with van der Waals surface area (Å²) in [7, 11) is 0. The minimum absolute atomic E-state index is 0.533. The maximum Gasteiger partial charge on any atom is 0.226 e. The van der Waals surface area contributed by atoms with E-state index in [1.165, 1.54) is 6.42 Å². The molecular formula is C12H18N6. The molecule has 0 aromatic carbocycles. The van der Waals surface area contributed by atoms with Gasteiger partial charge >= 0.3 is 0 Å². The lowest BCUT2D eigenvalue weighted by Crippen LogP contribution is -2.10. The Morgan fingerprint density at radius 3 is 3.00 bits per heavy atom. The third kappa shape index (κ3) is 2.10. The fourth-order valence-corrected chi connectivity index (χ4v) is 1.95. The predicted octanol–water partition coefficient (Wildman–Crippen LogP) is 2.00. The number of nitrogens with zero attached hydrogens (tertiary/aromatic N) is 3. The molecule has 1 saturated carbocycles. The van der Waals surface area contributed by atoms with Gasteiger partial charge < -0.3 is 15.6 Å². The van der Waals surface area contributed by atoms with Crippen molar-refractivity contribution >= 4 is 22.9 Å². The van der Waals surface area contributed by atoms with Crippen LogP contribution in [0.1, 0.15) is 26.7 Å². The van der Waals surface area contributed by atoms with E-state index in [1.54, 1.807) is 6.33 Å². The van der Waals surface area contributed by atoms with Gasteiger partial charge in [0.25, 0.3) is 0 Å². The van der Waals surface area contributed by atoms with Crippen LogP contribution < -0.4 is 10.6 Å². The standard InChI is InChI=1S/C12H18N6/c1-3-4-13-12-17-10-9(14-6-15-10)11(18-12)16-8-5-7(8)2/h6-8H,3-5H2,1-2H3,(H3,13,14,15,16,17,18). The van der Waals surface area contributed by atoms with Crippen LogP contribution in [0, 0.1) is 5.92 Å². The first-order valence-electron chi connectivity index (χ1n) is 6.49. The number of rotatable bonds is 5. The summed E-state index contributed by atoms with van der Waals surface area (Å²) in [5.41, 5.74) is 1.59. The molecule has 3 N–H and O–H groups in total. The fraction of sp³-hybridized carbons (Fsp3) is 0.583. The number of nitrogens with one attached hydrogen (secondary N) is 3. The molecule has 0 amide bonds. The highest BCUT2D eigenvalue weighted by Crippen LogP contribution is 2.33. The van der Waals surface area contributed by atoms with Gasteiger partial charge in [-0.1, -0.05) is 13.8 Å². The molecule has 3 rings (SSSR count). The Labute approximate surface area is 106 Å². The Balaban J connectivity index is 1.90. The maximum atomic E-state index is 4.52. The number of fused-ring (bicyclic) bond motifs is 1. The van der Waals surface area contributed by atoms with E-state index in [0.29, 0.717) is 17.6 Å². The molecule has 18 heavy (non-hydrogen) atoms. The van der Waals surface area contributed by atoms with Gasteiger partial charge in [-0.15, -0.1) is 0 Å². The number of anilines is 2. The van der Waals surface area contributed by atoms with Gasteiger partial charge in [0, 0.05) is 12.6 Å². The molecule has 0 bridgehead atoms. The second kappa shape index (κ2) is 4.44. The zero-order chi connectivity index (χ0) is 12.5. The summed E-state index contributed by atoms with van der Waals surface area (Å²) < 4.78 is 0. The van der Waals surface area contributed by atoms with E-state index in [-0.39, 0.29) is 0 Å². The minimum Gasteiger partial charge on any atom is -0.365 e. The Kier molecular flexibility index (Phi) is 2.77. The molecule has 1 fully saturated rings. The highest BCUT2D eigenvalue weighted by atomic mass is 15.2. The lowest BCUT2D eigenvalue weighted by atomic mass is 10.4. The first kappa shape index (κ1) is 11.3. The molecule has 2 aromatic rings. The second-order valence-electron chi connectivity index (χ2n) is 4.89. The van der Waals surface area contributed by atoms with Crippen molar-refractivity contribution in [1.82, 2.24) is 19.9 Å².